The molecule has 5 heteroatoms. The molecule has 3 rings (SSSR count). The third kappa shape index (κ3) is 5.52. The summed E-state index contributed by atoms with van der Waals surface area (Å²) >= 11 is 7.71. The van der Waals surface area contributed by atoms with Crippen LogP contribution >= 0.6 is 23.4 Å². The summed E-state index contributed by atoms with van der Waals surface area (Å²) in [6.07, 6.45) is 0. The quantitative estimate of drug-likeness (QED) is 0.544. The SMILES string of the molecule is Cc1ccc(Sc2ccc(NC(=O)COc3ccccc3Cl)cc2)cc1C. The predicted molar refractivity (Wildman–Crippen MR) is 112 cm³/mol. The molecule has 3 nitrogen and oxygen atoms in total. The molecule has 27 heavy (non-hydrogen) atoms. The number of hydrogen-bond donors (Lipinski definition) is 1. The Labute approximate surface area is 168 Å². The highest BCUT2D eigenvalue weighted by molar-refractivity contribution is 7.99. The van der Waals surface area contributed by atoms with Gasteiger partial charge in [-0.25, -0.2) is 0 Å². The zero-order valence-corrected chi connectivity index (χ0v) is 16.7. The van der Waals surface area contributed by atoms with Gasteiger partial charge >= 0.3 is 0 Å². The Balaban J connectivity index is 1.54. The van der Waals surface area contributed by atoms with Gasteiger partial charge in [0.1, 0.15) is 5.75 Å². The van der Waals surface area contributed by atoms with Gasteiger partial charge in [0, 0.05) is 15.5 Å². The van der Waals surface area contributed by atoms with E-state index in [1.165, 1.54) is 16.0 Å². The van der Waals surface area contributed by atoms with Crippen molar-refractivity contribution in [3.8, 4) is 5.75 Å². The second kappa shape index (κ2) is 8.98. The summed E-state index contributed by atoms with van der Waals surface area (Å²) in [6, 6.07) is 21.3. The van der Waals surface area contributed by atoms with E-state index in [0.29, 0.717) is 10.8 Å². The highest BCUT2D eigenvalue weighted by atomic mass is 35.5. The molecule has 0 spiro atoms. The van der Waals surface area contributed by atoms with E-state index in [1.54, 1.807) is 23.9 Å². The van der Waals surface area contributed by atoms with Gasteiger partial charge in [0.15, 0.2) is 6.61 Å². The lowest BCUT2D eigenvalue weighted by Crippen LogP contribution is -2.20. The topological polar surface area (TPSA) is 38.3 Å². The summed E-state index contributed by atoms with van der Waals surface area (Å²) in [6.45, 7) is 4.13. The molecule has 0 saturated heterocycles. The number of carbonyl (C=O) groups excluding carboxylic acids is 1. The van der Waals surface area contributed by atoms with Gasteiger partial charge in [0.25, 0.3) is 5.91 Å². The van der Waals surface area contributed by atoms with Crippen molar-refractivity contribution in [3.63, 3.8) is 0 Å². The van der Waals surface area contributed by atoms with Gasteiger partial charge < -0.3 is 10.1 Å². The average Bonchev–Trinajstić information content (AvgIpc) is 2.66. The molecule has 0 radical (unpaired) electrons. The first kappa shape index (κ1) is 19.3. The van der Waals surface area contributed by atoms with Gasteiger partial charge in [-0.3, -0.25) is 4.79 Å². The molecular weight excluding hydrogens is 378 g/mol. The monoisotopic (exact) mass is 397 g/mol. The van der Waals surface area contributed by atoms with Crippen LogP contribution in [0.5, 0.6) is 5.75 Å². The Morgan fingerprint density at radius 3 is 2.37 bits per heavy atom. The van der Waals surface area contributed by atoms with E-state index in [1.807, 2.05) is 36.4 Å². The van der Waals surface area contributed by atoms with E-state index in [0.717, 1.165) is 10.6 Å². The van der Waals surface area contributed by atoms with Gasteiger partial charge in [0.05, 0.1) is 5.02 Å². The number of aryl methyl sites for hydroxylation is 2. The Bertz CT molecular complexity index is 941. The number of amides is 1. The zero-order valence-electron chi connectivity index (χ0n) is 15.2. The Hall–Kier alpha value is -2.43. The van der Waals surface area contributed by atoms with Crippen molar-refractivity contribution in [3.05, 3.63) is 82.9 Å². The van der Waals surface area contributed by atoms with E-state index in [-0.39, 0.29) is 12.5 Å². The van der Waals surface area contributed by atoms with Gasteiger partial charge in [-0.05, 0) is 73.5 Å². The molecule has 3 aromatic carbocycles. The number of ether oxygens (including phenoxy) is 1. The molecule has 0 fully saturated rings. The van der Waals surface area contributed by atoms with Crippen LogP contribution in [0.4, 0.5) is 5.69 Å². The maximum absolute atomic E-state index is 12.1. The summed E-state index contributed by atoms with van der Waals surface area (Å²) in [5, 5.41) is 3.31. The molecule has 138 valence electrons. The molecule has 1 amide bonds. The smallest absolute Gasteiger partial charge is 0.262 e. The lowest BCUT2D eigenvalue weighted by molar-refractivity contribution is -0.118. The van der Waals surface area contributed by atoms with E-state index >= 15 is 0 Å². The van der Waals surface area contributed by atoms with Gasteiger partial charge in [-0.2, -0.15) is 0 Å². The van der Waals surface area contributed by atoms with Crippen LogP contribution in [0.2, 0.25) is 5.02 Å². The maximum atomic E-state index is 12.1. The first-order valence-electron chi connectivity index (χ1n) is 8.53. The maximum Gasteiger partial charge on any atom is 0.262 e. The van der Waals surface area contributed by atoms with Crippen LogP contribution in [0, 0.1) is 13.8 Å². The van der Waals surface area contributed by atoms with E-state index < -0.39 is 0 Å². The molecule has 1 N–H and O–H groups in total. The highest BCUT2D eigenvalue weighted by Gasteiger charge is 2.06. The number of carbonyl (C=O) groups is 1. The van der Waals surface area contributed by atoms with E-state index in [2.05, 4.69) is 37.4 Å². The lowest BCUT2D eigenvalue weighted by Gasteiger charge is -2.09. The molecule has 0 aromatic heterocycles. The normalized spacial score (nSPS) is 10.5. The molecule has 0 aliphatic carbocycles. The van der Waals surface area contributed by atoms with Crippen molar-refractivity contribution >= 4 is 35.0 Å². The Morgan fingerprint density at radius 1 is 0.963 bits per heavy atom. The second-order valence-electron chi connectivity index (χ2n) is 6.14. The summed E-state index contributed by atoms with van der Waals surface area (Å²) < 4.78 is 5.45. The minimum atomic E-state index is -0.232. The van der Waals surface area contributed by atoms with Crippen LogP contribution in [0.15, 0.2) is 76.5 Å². The van der Waals surface area contributed by atoms with Crippen LogP contribution < -0.4 is 10.1 Å². The molecule has 0 atom stereocenters. The molecule has 0 heterocycles. The minimum Gasteiger partial charge on any atom is -0.482 e. The lowest BCUT2D eigenvalue weighted by atomic mass is 10.1. The van der Waals surface area contributed by atoms with Crippen molar-refractivity contribution in [2.24, 2.45) is 0 Å². The fourth-order valence-electron chi connectivity index (χ4n) is 2.42. The number of nitrogens with one attached hydrogen (secondary N) is 1. The third-order valence-corrected chi connectivity index (χ3v) is 5.36. The minimum absolute atomic E-state index is 0.0944. The molecular formula is C22H20ClNO2S. The number of para-hydroxylation sites is 1. The molecule has 3 aromatic rings. The number of hydrogen-bond acceptors (Lipinski definition) is 3. The molecule has 0 aliphatic heterocycles. The summed E-state index contributed by atoms with van der Waals surface area (Å²) in [4.78, 5) is 14.4. The average molecular weight is 398 g/mol. The van der Waals surface area contributed by atoms with E-state index in [9.17, 15) is 4.79 Å². The van der Waals surface area contributed by atoms with Crippen LogP contribution in [0.25, 0.3) is 0 Å². The molecule has 0 unspecified atom stereocenters. The number of benzene rings is 3. The number of halogens is 1. The van der Waals surface area contributed by atoms with Crippen LogP contribution in [-0.4, -0.2) is 12.5 Å². The predicted octanol–water partition coefficient (Wildman–Crippen LogP) is 6.13. The van der Waals surface area contributed by atoms with Gasteiger partial charge in [-0.15, -0.1) is 0 Å². The Kier molecular flexibility index (Phi) is 6.43. The fraction of sp³-hybridized carbons (Fsp3) is 0.136. The first-order valence-corrected chi connectivity index (χ1v) is 9.73. The first-order chi connectivity index (χ1) is 13.0. The van der Waals surface area contributed by atoms with E-state index in [4.69, 9.17) is 16.3 Å². The molecule has 0 saturated carbocycles. The molecule has 0 aliphatic rings. The standard InChI is InChI=1S/C22H20ClNO2S/c1-15-7-10-19(13-16(15)2)27-18-11-8-17(9-12-18)24-22(25)14-26-21-6-4-3-5-20(21)23/h3-13H,14H2,1-2H3,(H,24,25). The van der Waals surface area contributed by atoms with Crippen molar-refractivity contribution in [2.45, 2.75) is 23.6 Å². The third-order valence-electron chi connectivity index (χ3n) is 4.05. The Morgan fingerprint density at radius 2 is 1.67 bits per heavy atom. The van der Waals surface area contributed by atoms with Crippen LogP contribution in [0.3, 0.4) is 0 Å². The van der Waals surface area contributed by atoms with Crippen LogP contribution in [0.1, 0.15) is 11.1 Å². The van der Waals surface area contributed by atoms with Crippen molar-refractivity contribution in [1.29, 1.82) is 0 Å². The second-order valence-corrected chi connectivity index (χ2v) is 7.69. The van der Waals surface area contributed by atoms with Crippen molar-refractivity contribution in [2.75, 3.05) is 11.9 Å². The summed E-state index contributed by atoms with van der Waals surface area (Å²) in [5.74, 6) is 0.263. The molecule has 0 bridgehead atoms. The summed E-state index contributed by atoms with van der Waals surface area (Å²) in [5.41, 5.74) is 3.30. The number of anilines is 1. The van der Waals surface area contributed by atoms with Gasteiger partial charge in [0.2, 0.25) is 0 Å². The van der Waals surface area contributed by atoms with Crippen LogP contribution in [-0.2, 0) is 4.79 Å². The number of rotatable bonds is 6. The zero-order chi connectivity index (χ0) is 19.2. The van der Waals surface area contributed by atoms with Gasteiger partial charge in [-0.1, -0.05) is 41.6 Å². The van der Waals surface area contributed by atoms with Crippen molar-refractivity contribution < 1.29 is 9.53 Å². The summed E-state index contributed by atoms with van der Waals surface area (Å²) in [7, 11) is 0. The fourth-order valence-corrected chi connectivity index (χ4v) is 3.53. The van der Waals surface area contributed by atoms with Crippen molar-refractivity contribution in [1.82, 2.24) is 0 Å². The highest BCUT2D eigenvalue weighted by Crippen LogP contribution is 2.30. The largest absolute Gasteiger partial charge is 0.482 e.